The van der Waals surface area contributed by atoms with Gasteiger partial charge in [-0.1, -0.05) is 12.1 Å². The third-order valence-electron chi connectivity index (χ3n) is 4.10. The number of rotatable bonds is 4. The summed E-state index contributed by atoms with van der Waals surface area (Å²) >= 11 is 0. The van der Waals surface area contributed by atoms with Gasteiger partial charge in [0.15, 0.2) is 0 Å². The van der Waals surface area contributed by atoms with E-state index in [0.29, 0.717) is 6.04 Å². The minimum absolute atomic E-state index is 0.524. The molecule has 1 aliphatic heterocycles. The zero-order chi connectivity index (χ0) is 14.8. The average Bonchev–Trinajstić information content (AvgIpc) is 2.54. The van der Waals surface area contributed by atoms with E-state index in [2.05, 4.69) is 50.5 Å². The van der Waals surface area contributed by atoms with Crippen molar-refractivity contribution in [2.45, 2.75) is 12.6 Å². The topological polar surface area (TPSA) is 41.1 Å². The van der Waals surface area contributed by atoms with Crippen LogP contribution >= 0.6 is 0 Å². The summed E-state index contributed by atoms with van der Waals surface area (Å²) in [6.45, 7) is 3.13. The van der Waals surface area contributed by atoms with Crippen molar-refractivity contribution >= 4 is 16.5 Å². The van der Waals surface area contributed by atoms with E-state index in [0.717, 1.165) is 19.6 Å². The lowest BCUT2D eigenvalue weighted by Crippen LogP contribution is -2.54. The van der Waals surface area contributed by atoms with Gasteiger partial charge in [0, 0.05) is 55.5 Å². The van der Waals surface area contributed by atoms with Gasteiger partial charge in [-0.2, -0.15) is 0 Å². The summed E-state index contributed by atoms with van der Waals surface area (Å²) in [5, 5.41) is 6.02. The summed E-state index contributed by atoms with van der Waals surface area (Å²) in [6, 6.07) is 13.2. The van der Waals surface area contributed by atoms with Crippen LogP contribution in [-0.4, -0.2) is 34.0 Å². The molecule has 2 aromatic heterocycles. The monoisotopic (exact) mass is 290 g/mol. The highest BCUT2D eigenvalue weighted by atomic mass is 15.2. The Morgan fingerprint density at radius 3 is 2.77 bits per heavy atom. The van der Waals surface area contributed by atoms with Crippen LogP contribution in [0, 0.1) is 0 Å². The molecule has 0 atom stereocenters. The molecule has 0 saturated carbocycles. The van der Waals surface area contributed by atoms with Crippen molar-refractivity contribution in [1.82, 2.24) is 14.9 Å². The summed E-state index contributed by atoms with van der Waals surface area (Å²) in [5.41, 5.74) is 2.46. The van der Waals surface area contributed by atoms with Gasteiger partial charge < -0.3 is 5.32 Å². The van der Waals surface area contributed by atoms with Crippen LogP contribution in [0.15, 0.2) is 61.2 Å². The van der Waals surface area contributed by atoms with Gasteiger partial charge in [-0.3, -0.25) is 14.9 Å². The number of nitrogens with zero attached hydrogens (tertiary/aromatic N) is 3. The number of anilines is 1. The first-order valence-corrected chi connectivity index (χ1v) is 7.58. The summed E-state index contributed by atoms with van der Waals surface area (Å²) < 4.78 is 0. The average molecular weight is 290 g/mol. The number of hydrogen-bond acceptors (Lipinski definition) is 4. The molecule has 0 amide bonds. The highest BCUT2D eigenvalue weighted by Crippen LogP contribution is 2.21. The number of likely N-dealkylation sites (tertiary alicyclic amines) is 1. The first-order valence-electron chi connectivity index (χ1n) is 7.58. The lowest BCUT2D eigenvalue weighted by Gasteiger charge is -2.40. The van der Waals surface area contributed by atoms with Crippen LogP contribution in [0.3, 0.4) is 0 Å². The Morgan fingerprint density at radius 2 is 1.91 bits per heavy atom. The number of nitrogens with one attached hydrogen (secondary N) is 1. The van der Waals surface area contributed by atoms with Crippen LogP contribution in [0.5, 0.6) is 0 Å². The Bertz CT molecular complexity index is 766. The van der Waals surface area contributed by atoms with Gasteiger partial charge >= 0.3 is 0 Å². The molecule has 4 heteroatoms. The number of pyridine rings is 2. The molecule has 0 unspecified atom stereocenters. The van der Waals surface area contributed by atoms with E-state index < -0.39 is 0 Å². The standard InChI is InChI=1S/C18H18N4/c1-2-14(9-19-6-1)11-22-12-18(13-22)21-17-4-3-16-10-20-7-5-15(16)8-17/h1-10,18,21H,11-13H2. The smallest absolute Gasteiger partial charge is 0.0515 e. The van der Waals surface area contributed by atoms with Crippen LogP contribution in [0.2, 0.25) is 0 Å². The van der Waals surface area contributed by atoms with Gasteiger partial charge in [0.25, 0.3) is 0 Å². The first-order chi connectivity index (χ1) is 10.9. The predicted octanol–water partition coefficient (Wildman–Crippen LogP) is 2.93. The lowest BCUT2D eigenvalue weighted by atomic mass is 10.1. The Hall–Kier alpha value is -2.46. The molecule has 0 spiro atoms. The quantitative estimate of drug-likeness (QED) is 0.802. The van der Waals surface area contributed by atoms with E-state index >= 15 is 0 Å². The zero-order valence-electron chi connectivity index (χ0n) is 12.3. The van der Waals surface area contributed by atoms with Crippen molar-refractivity contribution in [1.29, 1.82) is 0 Å². The number of aromatic nitrogens is 2. The molecule has 1 fully saturated rings. The highest BCUT2D eigenvalue weighted by Gasteiger charge is 2.26. The van der Waals surface area contributed by atoms with Crippen molar-refractivity contribution in [2.75, 3.05) is 18.4 Å². The molecule has 1 N–H and O–H groups in total. The SMILES string of the molecule is c1cncc(CN2CC(Nc3ccc4cnccc4c3)C2)c1. The summed E-state index contributed by atoms with van der Waals surface area (Å²) in [7, 11) is 0. The fourth-order valence-electron chi connectivity index (χ4n) is 2.95. The zero-order valence-corrected chi connectivity index (χ0v) is 12.3. The molecule has 4 rings (SSSR count). The molecule has 110 valence electrons. The molecule has 22 heavy (non-hydrogen) atoms. The molecule has 3 aromatic rings. The van der Waals surface area contributed by atoms with E-state index in [1.54, 1.807) is 0 Å². The first kappa shape index (κ1) is 13.2. The van der Waals surface area contributed by atoms with Crippen LogP contribution in [-0.2, 0) is 6.54 Å². The molecule has 0 bridgehead atoms. The molecule has 0 aliphatic carbocycles. The maximum Gasteiger partial charge on any atom is 0.0515 e. The van der Waals surface area contributed by atoms with E-state index in [-0.39, 0.29) is 0 Å². The van der Waals surface area contributed by atoms with Crippen LogP contribution < -0.4 is 5.32 Å². The van der Waals surface area contributed by atoms with Crippen molar-refractivity contribution in [3.8, 4) is 0 Å². The van der Waals surface area contributed by atoms with Gasteiger partial charge in [-0.05, 0) is 35.2 Å². The predicted molar refractivity (Wildman–Crippen MR) is 88.7 cm³/mol. The van der Waals surface area contributed by atoms with Crippen molar-refractivity contribution in [3.63, 3.8) is 0 Å². The molecule has 1 aliphatic rings. The van der Waals surface area contributed by atoms with E-state index in [4.69, 9.17) is 0 Å². The third kappa shape index (κ3) is 2.78. The number of fused-ring (bicyclic) bond motifs is 1. The van der Waals surface area contributed by atoms with Crippen molar-refractivity contribution < 1.29 is 0 Å². The Labute approximate surface area is 129 Å². The van der Waals surface area contributed by atoms with E-state index in [1.807, 2.05) is 30.9 Å². The van der Waals surface area contributed by atoms with Gasteiger partial charge in [-0.15, -0.1) is 0 Å². The van der Waals surface area contributed by atoms with Gasteiger partial charge in [0.05, 0.1) is 6.04 Å². The summed E-state index contributed by atoms with van der Waals surface area (Å²) in [6.07, 6.45) is 7.50. The summed E-state index contributed by atoms with van der Waals surface area (Å²) in [4.78, 5) is 10.7. The summed E-state index contributed by atoms with van der Waals surface area (Å²) in [5.74, 6) is 0. The lowest BCUT2D eigenvalue weighted by molar-refractivity contribution is 0.153. The second-order valence-corrected chi connectivity index (χ2v) is 5.83. The second-order valence-electron chi connectivity index (χ2n) is 5.83. The molecule has 0 radical (unpaired) electrons. The second kappa shape index (κ2) is 5.73. The maximum atomic E-state index is 4.16. The minimum Gasteiger partial charge on any atom is -0.380 e. The molecule has 1 aromatic carbocycles. The Morgan fingerprint density at radius 1 is 1.00 bits per heavy atom. The Balaban J connectivity index is 1.35. The van der Waals surface area contributed by atoms with Gasteiger partial charge in [0.2, 0.25) is 0 Å². The normalized spacial score (nSPS) is 15.6. The highest BCUT2D eigenvalue weighted by molar-refractivity contribution is 5.84. The van der Waals surface area contributed by atoms with Crippen LogP contribution in [0.25, 0.3) is 10.8 Å². The largest absolute Gasteiger partial charge is 0.380 e. The molecule has 4 nitrogen and oxygen atoms in total. The maximum absolute atomic E-state index is 4.16. The van der Waals surface area contributed by atoms with Crippen molar-refractivity contribution in [2.24, 2.45) is 0 Å². The number of benzene rings is 1. The van der Waals surface area contributed by atoms with Crippen LogP contribution in [0.4, 0.5) is 5.69 Å². The molecular weight excluding hydrogens is 272 g/mol. The van der Waals surface area contributed by atoms with Crippen molar-refractivity contribution in [3.05, 3.63) is 66.7 Å². The Kier molecular flexibility index (Phi) is 3.45. The fraction of sp³-hybridized carbons (Fsp3) is 0.222. The molecular formula is C18H18N4. The van der Waals surface area contributed by atoms with Gasteiger partial charge in [0.1, 0.15) is 0 Å². The van der Waals surface area contributed by atoms with Gasteiger partial charge in [-0.25, -0.2) is 0 Å². The molecule has 1 saturated heterocycles. The third-order valence-corrected chi connectivity index (χ3v) is 4.10. The van der Waals surface area contributed by atoms with Crippen LogP contribution in [0.1, 0.15) is 5.56 Å². The fourth-order valence-corrected chi connectivity index (χ4v) is 2.95. The minimum atomic E-state index is 0.524. The van der Waals surface area contributed by atoms with E-state index in [9.17, 15) is 0 Å². The number of hydrogen-bond donors (Lipinski definition) is 1. The van der Waals surface area contributed by atoms with E-state index in [1.165, 1.54) is 22.0 Å². The molecule has 3 heterocycles.